The third-order valence-corrected chi connectivity index (χ3v) is 7.54. The topological polar surface area (TPSA) is 130 Å². The zero-order chi connectivity index (χ0) is 26.9. The highest BCUT2D eigenvalue weighted by atomic mass is 19.3. The molecule has 0 spiro atoms. The molecule has 0 aliphatic carbocycles. The molecule has 2 bridgehead atoms. The lowest BCUT2D eigenvalue weighted by Crippen LogP contribution is -2.35. The predicted molar refractivity (Wildman–Crippen MR) is 136 cm³/mol. The summed E-state index contributed by atoms with van der Waals surface area (Å²) < 4.78 is 38.3. The van der Waals surface area contributed by atoms with Crippen molar-refractivity contribution in [1.82, 2.24) is 24.5 Å². The van der Waals surface area contributed by atoms with Crippen LogP contribution in [0.1, 0.15) is 54.6 Å². The van der Waals surface area contributed by atoms with Crippen LogP contribution in [0.15, 0.2) is 24.4 Å². The number of halogens is 2. The van der Waals surface area contributed by atoms with E-state index in [2.05, 4.69) is 31.8 Å². The van der Waals surface area contributed by atoms with Crippen LogP contribution in [0.4, 0.5) is 26.1 Å². The van der Waals surface area contributed by atoms with Gasteiger partial charge in [-0.1, -0.05) is 0 Å². The summed E-state index contributed by atoms with van der Waals surface area (Å²) >= 11 is 0. The second-order valence-corrected chi connectivity index (χ2v) is 10.0. The summed E-state index contributed by atoms with van der Waals surface area (Å²) in [5, 5.41) is 20.6. The van der Waals surface area contributed by atoms with Crippen LogP contribution < -0.4 is 15.4 Å². The first-order valence-corrected chi connectivity index (χ1v) is 13.1. The Hall–Kier alpha value is -4.05. The lowest BCUT2D eigenvalue weighted by atomic mass is 10.0. The number of hydrogen-bond donors (Lipinski definition) is 2. The Bertz CT molecular complexity index is 1400. The molecule has 3 aromatic heterocycles. The third kappa shape index (κ3) is 5.04. The molecule has 13 heteroatoms. The number of aromatic nitrogens is 4. The maximum absolute atomic E-state index is 13.4. The van der Waals surface area contributed by atoms with Crippen LogP contribution in [0.25, 0.3) is 5.65 Å². The second-order valence-electron chi connectivity index (χ2n) is 10.0. The first-order chi connectivity index (χ1) is 19.0. The normalized spacial score (nSPS) is 20.9. The van der Waals surface area contributed by atoms with E-state index >= 15 is 0 Å². The summed E-state index contributed by atoms with van der Waals surface area (Å²) in [4.78, 5) is 24.0. The van der Waals surface area contributed by atoms with Gasteiger partial charge in [0.2, 0.25) is 5.88 Å². The van der Waals surface area contributed by atoms with Crippen molar-refractivity contribution in [2.75, 3.05) is 30.5 Å². The molecule has 3 aliphatic heterocycles. The molecule has 1 amide bonds. The number of imidazole rings is 1. The molecule has 0 saturated carbocycles. The van der Waals surface area contributed by atoms with Crippen molar-refractivity contribution in [2.45, 2.75) is 63.1 Å². The minimum atomic E-state index is -2.72. The first-order valence-electron chi connectivity index (χ1n) is 13.1. The maximum Gasteiger partial charge on any atom is 0.272 e. The molecule has 3 fully saturated rings. The largest absolute Gasteiger partial charge is 0.471 e. The Morgan fingerprint density at radius 1 is 1.15 bits per heavy atom. The van der Waals surface area contributed by atoms with Crippen molar-refractivity contribution in [3.63, 3.8) is 0 Å². The summed E-state index contributed by atoms with van der Waals surface area (Å²) in [6.45, 7) is 0.414. The molecule has 0 aromatic carbocycles. The maximum atomic E-state index is 13.4. The Balaban J connectivity index is 1.32. The molecule has 6 rings (SSSR count). The summed E-state index contributed by atoms with van der Waals surface area (Å²) in [5.41, 5.74) is 1.29. The number of carbonyl (C=O) groups is 1. The molecule has 0 unspecified atom stereocenters. The minimum Gasteiger partial charge on any atom is -0.471 e. The summed E-state index contributed by atoms with van der Waals surface area (Å²) in [6, 6.07) is 7.50. The number of fused-ring (bicyclic) bond motifs is 3. The van der Waals surface area contributed by atoms with Crippen LogP contribution in [0.5, 0.6) is 5.88 Å². The number of hydrogen-bond acceptors (Lipinski definition) is 9. The molecule has 11 nitrogen and oxygen atoms in total. The van der Waals surface area contributed by atoms with Gasteiger partial charge in [-0.3, -0.25) is 4.79 Å². The van der Waals surface area contributed by atoms with Crippen molar-refractivity contribution in [1.29, 1.82) is 5.26 Å². The zero-order valence-corrected chi connectivity index (χ0v) is 21.1. The number of rotatable bonds is 8. The minimum absolute atomic E-state index is 0.150. The molecular formula is C26H28F2N8O3. The average Bonchev–Trinajstić information content (AvgIpc) is 3.67. The Morgan fingerprint density at radius 3 is 2.59 bits per heavy atom. The standard InChI is InChI=1S/C26H28F2N8O3/c27-21(28)14-39-25-19(26(37)35-16-1-2-17(35)4-3-16)5-6-22(33-25)32-20-11-23(31-15-7-9-38-10-8-15)34-36-18(12-29)13-30-24(20)36/h5-6,11,13,15-17,21H,1-4,7-10,14H2,(H,31,34)(H,32,33)/t16-,17+. The summed E-state index contributed by atoms with van der Waals surface area (Å²) in [7, 11) is 0. The highest BCUT2D eigenvalue weighted by Crippen LogP contribution is 2.39. The fourth-order valence-corrected chi connectivity index (χ4v) is 5.70. The molecule has 3 aromatic rings. The molecule has 0 atom stereocenters. The van der Waals surface area contributed by atoms with Gasteiger partial charge in [0.05, 0.1) is 11.9 Å². The van der Waals surface area contributed by atoms with Crippen molar-refractivity contribution in [3.8, 4) is 11.9 Å². The van der Waals surface area contributed by atoms with Crippen LogP contribution >= 0.6 is 0 Å². The highest BCUT2D eigenvalue weighted by molar-refractivity contribution is 5.97. The van der Waals surface area contributed by atoms with Gasteiger partial charge in [0.25, 0.3) is 12.3 Å². The van der Waals surface area contributed by atoms with E-state index < -0.39 is 13.0 Å². The lowest BCUT2D eigenvalue weighted by molar-refractivity contribution is 0.0684. The number of amides is 1. The first kappa shape index (κ1) is 25.2. The second kappa shape index (κ2) is 10.6. The van der Waals surface area contributed by atoms with E-state index in [1.54, 1.807) is 18.2 Å². The van der Waals surface area contributed by atoms with Gasteiger partial charge in [0.1, 0.15) is 23.3 Å². The Morgan fingerprint density at radius 2 is 1.90 bits per heavy atom. The van der Waals surface area contributed by atoms with Crippen LogP contribution in [-0.4, -0.2) is 74.8 Å². The molecule has 6 heterocycles. The van der Waals surface area contributed by atoms with Gasteiger partial charge >= 0.3 is 0 Å². The Kier molecular flexibility index (Phi) is 6.86. The highest BCUT2D eigenvalue weighted by Gasteiger charge is 2.43. The van der Waals surface area contributed by atoms with Gasteiger partial charge in [0, 0.05) is 37.4 Å². The van der Waals surface area contributed by atoms with Crippen LogP contribution in [-0.2, 0) is 4.74 Å². The van der Waals surface area contributed by atoms with Gasteiger partial charge in [-0.05, 0) is 50.7 Å². The van der Waals surface area contributed by atoms with E-state index in [1.165, 1.54) is 10.7 Å². The van der Waals surface area contributed by atoms with Crippen molar-refractivity contribution < 1.29 is 23.0 Å². The number of nitrogens with one attached hydrogen (secondary N) is 2. The SMILES string of the molecule is N#Cc1cnc2c(Nc3ccc(C(=O)N4[C@H]5CC[C@@H]4CC5)c(OCC(F)F)n3)cc(NC3CCOCC3)nn12. The van der Waals surface area contributed by atoms with Crippen molar-refractivity contribution in [3.05, 3.63) is 35.7 Å². The van der Waals surface area contributed by atoms with Crippen LogP contribution in [0, 0.1) is 11.3 Å². The lowest BCUT2D eigenvalue weighted by Gasteiger charge is -2.24. The molecule has 3 aliphatic rings. The molecule has 204 valence electrons. The third-order valence-electron chi connectivity index (χ3n) is 7.54. The Labute approximate surface area is 223 Å². The van der Waals surface area contributed by atoms with E-state index in [0.29, 0.717) is 30.4 Å². The number of pyridine rings is 1. The number of nitriles is 1. The van der Waals surface area contributed by atoms with E-state index in [1.807, 2.05) is 4.90 Å². The van der Waals surface area contributed by atoms with Gasteiger partial charge in [-0.2, -0.15) is 14.8 Å². The van der Waals surface area contributed by atoms with E-state index in [4.69, 9.17) is 9.47 Å². The van der Waals surface area contributed by atoms with Gasteiger partial charge in [-0.25, -0.2) is 13.8 Å². The number of ether oxygens (including phenoxy) is 2. The molecular weight excluding hydrogens is 510 g/mol. The van der Waals surface area contributed by atoms with Crippen LogP contribution in [0.3, 0.4) is 0 Å². The monoisotopic (exact) mass is 538 g/mol. The quantitative estimate of drug-likeness (QED) is 0.440. The van der Waals surface area contributed by atoms with Crippen LogP contribution in [0.2, 0.25) is 0 Å². The van der Waals surface area contributed by atoms with E-state index in [9.17, 15) is 18.8 Å². The smallest absolute Gasteiger partial charge is 0.272 e. The van der Waals surface area contributed by atoms with E-state index in [0.717, 1.165) is 38.5 Å². The average molecular weight is 539 g/mol. The number of nitrogens with zero attached hydrogens (tertiary/aromatic N) is 6. The molecule has 2 N–H and O–H groups in total. The predicted octanol–water partition coefficient (Wildman–Crippen LogP) is 3.74. The number of alkyl halides is 2. The van der Waals surface area contributed by atoms with Gasteiger partial charge < -0.3 is 25.0 Å². The summed E-state index contributed by atoms with van der Waals surface area (Å²) in [5.74, 6) is 0.400. The number of anilines is 3. The molecule has 3 saturated heterocycles. The fourth-order valence-electron chi connectivity index (χ4n) is 5.70. The fraction of sp³-hybridized carbons (Fsp3) is 0.500. The molecule has 39 heavy (non-hydrogen) atoms. The van der Waals surface area contributed by atoms with Gasteiger partial charge in [-0.15, -0.1) is 5.10 Å². The zero-order valence-electron chi connectivity index (χ0n) is 21.1. The van der Waals surface area contributed by atoms with E-state index in [-0.39, 0.29) is 47.0 Å². The number of carbonyl (C=O) groups excluding carboxylic acids is 1. The van der Waals surface area contributed by atoms with Crippen molar-refractivity contribution in [2.24, 2.45) is 0 Å². The van der Waals surface area contributed by atoms with Gasteiger partial charge in [0.15, 0.2) is 17.9 Å². The molecule has 0 radical (unpaired) electrons. The summed E-state index contributed by atoms with van der Waals surface area (Å²) in [6.07, 6.45) is 4.14. The van der Waals surface area contributed by atoms with Crippen molar-refractivity contribution >= 4 is 28.9 Å².